The number of carbonyl (C=O) groups excluding carboxylic acids is 1. The number of aryl methyl sites for hydroxylation is 1. The summed E-state index contributed by atoms with van der Waals surface area (Å²) in [7, 11) is 0. The Morgan fingerprint density at radius 1 is 1.21 bits per heavy atom. The van der Waals surface area contributed by atoms with Gasteiger partial charge < -0.3 is 15.5 Å². The van der Waals surface area contributed by atoms with Crippen LogP contribution in [-0.2, 0) is 4.79 Å². The van der Waals surface area contributed by atoms with Gasteiger partial charge in [0.1, 0.15) is 0 Å². The molecule has 2 atom stereocenters. The maximum absolute atomic E-state index is 12.5. The van der Waals surface area contributed by atoms with Crippen LogP contribution in [0.3, 0.4) is 0 Å². The molecule has 5 nitrogen and oxygen atoms in total. The molecule has 1 aliphatic heterocycles. The fourth-order valence-electron chi connectivity index (χ4n) is 3.58. The number of anilines is 1. The average Bonchev–Trinajstić information content (AvgIpc) is 3.30. The number of hydrogen-bond acceptors (Lipinski definition) is 4. The van der Waals surface area contributed by atoms with Crippen molar-refractivity contribution < 1.29 is 4.79 Å². The summed E-state index contributed by atoms with van der Waals surface area (Å²) < 4.78 is 0. The lowest BCUT2D eigenvalue weighted by molar-refractivity contribution is -0.116. The molecule has 2 N–H and O–H groups in total. The van der Waals surface area contributed by atoms with Crippen molar-refractivity contribution in [2.45, 2.75) is 25.4 Å². The van der Waals surface area contributed by atoms with Gasteiger partial charge in [0.2, 0.25) is 5.91 Å². The van der Waals surface area contributed by atoms with E-state index in [0.29, 0.717) is 18.1 Å². The molecule has 3 aromatic rings. The molecule has 1 amide bonds. The van der Waals surface area contributed by atoms with Crippen LogP contribution in [0.4, 0.5) is 5.69 Å². The molecule has 0 radical (unpaired) electrons. The third-order valence-electron chi connectivity index (χ3n) is 5.01. The zero-order chi connectivity index (χ0) is 20.2. The van der Waals surface area contributed by atoms with E-state index in [9.17, 15) is 4.79 Å². The summed E-state index contributed by atoms with van der Waals surface area (Å²) >= 11 is 7.37. The van der Waals surface area contributed by atoms with Gasteiger partial charge in [0.05, 0.1) is 17.8 Å². The van der Waals surface area contributed by atoms with Crippen molar-refractivity contribution in [3.63, 3.8) is 0 Å². The standard InChI is InChI=1S/C22H22N4OS2/c1-15-11-14-29-21(15)20-19(17-9-5-6-12-23-17)25-22(28)26(20)13-10-18(27)24-16-7-3-2-4-8-16/h2-9,11-12,14,19-20H,10,13H2,1H3,(H,24,27)(H,25,28). The number of thiophene rings is 1. The summed E-state index contributed by atoms with van der Waals surface area (Å²) in [5, 5.41) is 9.13. The molecule has 1 aliphatic rings. The third kappa shape index (κ3) is 4.31. The molecule has 29 heavy (non-hydrogen) atoms. The molecule has 148 valence electrons. The van der Waals surface area contributed by atoms with Crippen LogP contribution < -0.4 is 10.6 Å². The van der Waals surface area contributed by atoms with E-state index in [0.717, 1.165) is 11.4 Å². The Hall–Kier alpha value is -2.77. The second kappa shape index (κ2) is 8.71. The van der Waals surface area contributed by atoms with Gasteiger partial charge in [-0.25, -0.2) is 0 Å². The highest BCUT2D eigenvalue weighted by Gasteiger charge is 2.40. The van der Waals surface area contributed by atoms with Crippen LogP contribution in [0.1, 0.15) is 34.6 Å². The normalized spacial score (nSPS) is 18.5. The highest BCUT2D eigenvalue weighted by Crippen LogP contribution is 2.41. The summed E-state index contributed by atoms with van der Waals surface area (Å²) in [6.07, 6.45) is 2.15. The van der Waals surface area contributed by atoms with Gasteiger partial charge in [0.25, 0.3) is 0 Å². The molecule has 0 spiro atoms. The SMILES string of the molecule is Cc1ccsc1C1C(c2ccccn2)NC(=S)N1CCC(=O)Nc1ccccc1. The smallest absolute Gasteiger partial charge is 0.226 e. The summed E-state index contributed by atoms with van der Waals surface area (Å²) in [4.78, 5) is 20.4. The molecule has 7 heteroatoms. The minimum Gasteiger partial charge on any atom is -0.352 e. The van der Waals surface area contributed by atoms with E-state index >= 15 is 0 Å². The van der Waals surface area contributed by atoms with E-state index in [1.54, 1.807) is 17.5 Å². The number of benzene rings is 1. The second-order valence-corrected chi connectivity index (χ2v) is 8.29. The van der Waals surface area contributed by atoms with Gasteiger partial charge in [-0.05, 0) is 60.4 Å². The van der Waals surface area contributed by atoms with Crippen molar-refractivity contribution in [2.75, 3.05) is 11.9 Å². The lowest BCUT2D eigenvalue weighted by Gasteiger charge is -2.27. The van der Waals surface area contributed by atoms with E-state index in [-0.39, 0.29) is 18.0 Å². The van der Waals surface area contributed by atoms with Crippen LogP contribution in [0, 0.1) is 6.92 Å². The number of rotatable bonds is 6. The highest BCUT2D eigenvalue weighted by atomic mass is 32.1. The zero-order valence-corrected chi connectivity index (χ0v) is 17.7. The van der Waals surface area contributed by atoms with Gasteiger partial charge in [0.15, 0.2) is 5.11 Å². The number of thiocarbonyl (C=S) groups is 1. The van der Waals surface area contributed by atoms with Crippen LogP contribution in [0.2, 0.25) is 0 Å². The number of aromatic nitrogens is 1. The molecular weight excluding hydrogens is 400 g/mol. The first-order valence-corrected chi connectivity index (χ1v) is 10.8. The van der Waals surface area contributed by atoms with Crippen molar-refractivity contribution in [3.8, 4) is 0 Å². The molecular formula is C22H22N4OS2. The number of para-hydroxylation sites is 1. The lowest BCUT2D eigenvalue weighted by Crippen LogP contribution is -2.32. The third-order valence-corrected chi connectivity index (χ3v) is 6.45. The van der Waals surface area contributed by atoms with Crippen molar-refractivity contribution in [3.05, 3.63) is 82.3 Å². The Bertz CT molecular complexity index is 990. The number of nitrogens with zero attached hydrogens (tertiary/aromatic N) is 2. The van der Waals surface area contributed by atoms with Gasteiger partial charge >= 0.3 is 0 Å². The van der Waals surface area contributed by atoms with Crippen molar-refractivity contribution >= 4 is 40.3 Å². The van der Waals surface area contributed by atoms with Gasteiger partial charge in [-0.1, -0.05) is 24.3 Å². The fourth-order valence-corrected chi connectivity index (χ4v) is 4.99. The predicted molar refractivity (Wildman–Crippen MR) is 121 cm³/mol. The average molecular weight is 423 g/mol. The molecule has 4 rings (SSSR count). The number of nitrogens with one attached hydrogen (secondary N) is 2. The van der Waals surface area contributed by atoms with E-state index in [1.807, 2.05) is 48.5 Å². The first-order valence-electron chi connectivity index (χ1n) is 9.50. The van der Waals surface area contributed by atoms with Crippen molar-refractivity contribution in [1.82, 2.24) is 15.2 Å². The number of carbonyl (C=O) groups is 1. The van der Waals surface area contributed by atoms with E-state index in [4.69, 9.17) is 12.2 Å². The first kappa shape index (κ1) is 19.5. The maximum Gasteiger partial charge on any atom is 0.226 e. The molecule has 0 saturated carbocycles. The largest absolute Gasteiger partial charge is 0.352 e. The quantitative estimate of drug-likeness (QED) is 0.575. The van der Waals surface area contributed by atoms with Crippen LogP contribution in [0.15, 0.2) is 66.2 Å². The van der Waals surface area contributed by atoms with Gasteiger partial charge in [-0.15, -0.1) is 11.3 Å². The van der Waals surface area contributed by atoms with Crippen LogP contribution in [0.5, 0.6) is 0 Å². The Kier molecular flexibility index (Phi) is 5.87. The topological polar surface area (TPSA) is 57.3 Å². The van der Waals surface area contributed by atoms with Crippen LogP contribution in [0.25, 0.3) is 0 Å². The molecule has 1 saturated heterocycles. The molecule has 2 unspecified atom stereocenters. The minimum atomic E-state index is -0.0433. The highest BCUT2D eigenvalue weighted by molar-refractivity contribution is 7.80. The Balaban J connectivity index is 1.53. The maximum atomic E-state index is 12.5. The van der Waals surface area contributed by atoms with Crippen LogP contribution in [-0.4, -0.2) is 27.4 Å². The Morgan fingerprint density at radius 2 is 2.00 bits per heavy atom. The minimum absolute atomic E-state index is 0.0157. The Labute approximate surface area is 179 Å². The Morgan fingerprint density at radius 3 is 2.69 bits per heavy atom. The summed E-state index contributed by atoms with van der Waals surface area (Å²) in [5.74, 6) is -0.0260. The van der Waals surface area contributed by atoms with E-state index in [1.165, 1.54) is 10.4 Å². The lowest BCUT2D eigenvalue weighted by atomic mass is 10.0. The number of hydrogen-bond donors (Lipinski definition) is 2. The predicted octanol–water partition coefficient (Wildman–Crippen LogP) is 4.45. The molecule has 0 bridgehead atoms. The van der Waals surface area contributed by atoms with Crippen molar-refractivity contribution in [2.24, 2.45) is 0 Å². The summed E-state index contributed by atoms with van der Waals surface area (Å²) in [5.41, 5.74) is 2.98. The zero-order valence-electron chi connectivity index (χ0n) is 16.0. The molecule has 1 aromatic carbocycles. The monoisotopic (exact) mass is 422 g/mol. The number of amides is 1. The van der Waals surface area contributed by atoms with E-state index in [2.05, 4.69) is 38.9 Å². The first-order chi connectivity index (χ1) is 14.1. The number of pyridine rings is 1. The van der Waals surface area contributed by atoms with Crippen LogP contribution >= 0.6 is 23.6 Å². The van der Waals surface area contributed by atoms with Gasteiger partial charge in [-0.2, -0.15) is 0 Å². The summed E-state index contributed by atoms with van der Waals surface area (Å²) in [6, 6.07) is 17.5. The fraction of sp³-hybridized carbons (Fsp3) is 0.227. The van der Waals surface area contributed by atoms with E-state index < -0.39 is 0 Å². The molecule has 2 aromatic heterocycles. The van der Waals surface area contributed by atoms with Crippen molar-refractivity contribution in [1.29, 1.82) is 0 Å². The molecule has 3 heterocycles. The molecule has 0 aliphatic carbocycles. The second-order valence-electron chi connectivity index (χ2n) is 6.95. The summed E-state index contributed by atoms with van der Waals surface area (Å²) in [6.45, 7) is 2.65. The van der Waals surface area contributed by atoms with Gasteiger partial charge in [0, 0.05) is 29.7 Å². The van der Waals surface area contributed by atoms with Gasteiger partial charge in [-0.3, -0.25) is 9.78 Å². The molecule has 1 fully saturated rings.